The van der Waals surface area contributed by atoms with Gasteiger partial charge in [-0.05, 0) is 48.1 Å². The second-order valence-electron chi connectivity index (χ2n) is 4.50. The zero-order valence-corrected chi connectivity index (χ0v) is 13.4. The summed E-state index contributed by atoms with van der Waals surface area (Å²) in [5, 5.41) is 3.19. The monoisotopic (exact) mass is 334 g/mol. The average molecular weight is 335 g/mol. The van der Waals surface area contributed by atoms with E-state index >= 15 is 0 Å². The summed E-state index contributed by atoms with van der Waals surface area (Å²) in [6, 6.07) is 8.10. The summed E-state index contributed by atoms with van der Waals surface area (Å²) in [6.07, 6.45) is 3.67. The molecule has 0 spiro atoms. The van der Waals surface area contributed by atoms with Crippen LogP contribution in [-0.4, -0.2) is 23.6 Å². The summed E-state index contributed by atoms with van der Waals surface area (Å²) in [5.74, 6) is 1.01. The van der Waals surface area contributed by atoms with Crippen LogP contribution < -0.4 is 10.2 Å². The molecule has 2 rings (SSSR count). The van der Waals surface area contributed by atoms with Crippen LogP contribution in [-0.2, 0) is 13.1 Å². The van der Waals surface area contributed by atoms with Crippen molar-refractivity contribution in [2.24, 2.45) is 0 Å². The fourth-order valence-electron chi connectivity index (χ4n) is 2.10. The van der Waals surface area contributed by atoms with Gasteiger partial charge < -0.3 is 10.2 Å². The van der Waals surface area contributed by atoms with Crippen molar-refractivity contribution in [3.05, 3.63) is 52.4 Å². The SMILES string of the molecule is CCN(Cc1ccccn1)c1ncc(Br)cc1CNC. The van der Waals surface area contributed by atoms with Gasteiger partial charge in [0.2, 0.25) is 0 Å². The van der Waals surface area contributed by atoms with Crippen molar-refractivity contribution in [1.29, 1.82) is 0 Å². The fourth-order valence-corrected chi connectivity index (χ4v) is 2.48. The van der Waals surface area contributed by atoms with Crippen molar-refractivity contribution in [3.8, 4) is 0 Å². The van der Waals surface area contributed by atoms with E-state index < -0.39 is 0 Å². The van der Waals surface area contributed by atoms with Gasteiger partial charge in [-0.3, -0.25) is 4.98 Å². The maximum atomic E-state index is 4.58. The molecule has 2 aromatic heterocycles. The number of hydrogen-bond acceptors (Lipinski definition) is 4. The molecule has 106 valence electrons. The van der Waals surface area contributed by atoms with E-state index in [1.54, 1.807) is 0 Å². The third-order valence-electron chi connectivity index (χ3n) is 3.04. The van der Waals surface area contributed by atoms with Gasteiger partial charge in [0, 0.05) is 35.5 Å². The smallest absolute Gasteiger partial charge is 0.133 e. The molecule has 0 saturated carbocycles. The third kappa shape index (κ3) is 3.77. The van der Waals surface area contributed by atoms with Gasteiger partial charge in [0.1, 0.15) is 5.82 Å². The quantitative estimate of drug-likeness (QED) is 0.881. The number of aromatic nitrogens is 2. The van der Waals surface area contributed by atoms with Crippen molar-refractivity contribution < 1.29 is 0 Å². The van der Waals surface area contributed by atoms with Crippen LogP contribution in [0.25, 0.3) is 0 Å². The molecule has 0 atom stereocenters. The van der Waals surface area contributed by atoms with Crippen LogP contribution in [0.3, 0.4) is 0 Å². The molecule has 5 heteroatoms. The zero-order chi connectivity index (χ0) is 14.4. The van der Waals surface area contributed by atoms with E-state index in [1.165, 1.54) is 5.56 Å². The van der Waals surface area contributed by atoms with Crippen molar-refractivity contribution in [1.82, 2.24) is 15.3 Å². The van der Waals surface area contributed by atoms with E-state index in [2.05, 4.69) is 49.1 Å². The van der Waals surface area contributed by atoms with Gasteiger partial charge in [-0.2, -0.15) is 0 Å². The molecule has 0 aliphatic rings. The Kier molecular flexibility index (Phi) is 5.49. The van der Waals surface area contributed by atoms with Crippen LogP contribution in [0.2, 0.25) is 0 Å². The standard InChI is InChI=1S/C15H19BrN4/c1-3-20(11-14-6-4-5-7-18-14)15-12(9-17-2)8-13(16)10-19-15/h4-8,10,17H,3,9,11H2,1-2H3. The first-order chi connectivity index (χ1) is 9.74. The molecule has 2 heterocycles. The van der Waals surface area contributed by atoms with Crippen LogP contribution in [0.15, 0.2) is 41.1 Å². The van der Waals surface area contributed by atoms with Gasteiger partial charge in [-0.15, -0.1) is 0 Å². The molecule has 0 radical (unpaired) electrons. The van der Waals surface area contributed by atoms with E-state index in [9.17, 15) is 0 Å². The second kappa shape index (κ2) is 7.36. The number of pyridine rings is 2. The van der Waals surface area contributed by atoms with Crippen LogP contribution >= 0.6 is 15.9 Å². The van der Waals surface area contributed by atoms with Gasteiger partial charge in [0.05, 0.1) is 12.2 Å². The summed E-state index contributed by atoms with van der Waals surface area (Å²) in [5.41, 5.74) is 2.23. The molecule has 2 aromatic rings. The minimum atomic E-state index is 0.767. The number of rotatable bonds is 6. The highest BCUT2D eigenvalue weighted by atomic mass is 79.9. The first-order valence-electron chi connectivity index (χ1n) is 6.68. The molecule has 0 aromatic carbocycles. The Morgan fingerprint density at radius 2 is 2.15 bits per heavy atom. The maximum absolute atomic E-state index is 4.58. The highest BCUT2D eigenvalue weighted by Crippen LogP contribution is 2.22. The zero-order valence-electron chi connectivity index (χ0n) is 11.8. The van der Waals surface area contributed by atoms with Crippen LogP contribution in [0.1, 0.15) is 18.2 Å². The molecule has 0 amide bonds. The summed E-state index contributed by atoms with van der Waals surface area (Å²) < 4.78 is 1.00. The Bertz CT molecular complexity index is 545. The normalized spacial score (nSPS) is 10.6. The Balaban J connectivity index is 2.27. The van der Waals surface area contributed by atoms with Crippen LogP contribution in [0.5, 0.6) is 0 Å². The molecular formula is C15H19BrN4. The number of nitrogens with one attached hydrogen (secondary N) is 1. The maximum Gasteiger partial charge on any atom is 0.133 e. The molecule has 4 nitrogen and oxygen atoms in total. The van der Waals surface area contributed by atoms with Gasteiger partial charge in [0.25, 0.3) is 0 Å². The molecule has 20 heavy (non-hydrogen) atoms. The highest BCUT2D eigenvalue weighted by molar-refractivity contribution is 9.10. The molecule has 0 unspecified atom stereocenters. The Labute approximate surface area is 128 Å². The lowest BCUT2D eigenvalue weighted by atomic mass is 10.2. The van der Waals surface area contributed by atoms with Crippen molar-refractivity contribution in [3.63, 3.8) is 0 Å². The van der Waals surface area contributed by atoms with Gasteiger partial charge >= 0.3 is 0 Å². The van der Waals surface area contributed by atoms with Gasteiger partial charge in [0.15, 0.2) is 0 Å². The van der Waals surface area contributed by atoms with E-state index in [0.29, 0.717) is 0 Å². The number of halogens is 1. The molecule has 0 bridgehead atoms. The molecule has 0 aliphatic heterocycles. The molecule has 1 N–H and O–H groups in total. The summed E-state index contributed by atoms with van der Waals surface area (Å²) in [4.78, 5) is 11.2. The topological polar surface area (TPSA) is 41.1 Å². The van der Waals surface area contributed by atoms with E-state index in [-0.39, 0.29) is 0 Å². The molecule has 0 saturated heterocycles. The number of nitrogens with zero attached hydrogens (tertiary/aromatic N) is 3. The Morgan fingerprint density at radius 1 is 1.30 bits per heavy atom. The minimum Gasteiger partial charge on any atom is -0.351 e. The largest absolute Gasteiger partial charge is 0.351 e. The summed E-state index contributed by atoms with van der Waals surface area (Å²) in [6.45, 7) is 4.58. The first kappa shape index (κ1) is 14.9. The lowest BCUT2D eigenvalue weighted by Crippen LogP contribution is -2.25. The minimum absolute atomic E-state index is 0.767. The van der Waals surface area contributed by atoms with Gasteiger partial charge in [-0.1, -0.05) is 6.07 Å². The number of hydrogen-bond donors (Lipinski definition) is 1. The van der Waals surface area contributed by atoms with Crippen LogP contribution in [0.4, 0.5) is 5.82 Å². The first-order valence-corrected chi connectivity index (χ1v) is 7.47. The summed E-state index contributed by atoms with van der Waals surface area (Å²) >= 11 is 3.48. The Hall–Kier alpha value is -1.46. The third-order valence-corrected chi connectivity index (χ3v) is 3.47. The van der Waals surface area contributed by atoms with E-state index in [0.717, 1.165) is 35.6 Å². The van der Waals surface area contributed by atoms with Crippen molar-refractivity contribution in [2.75, 3.05) is 18.5 Å². The number of anilines is 1. The highest BCUT2D eigenvalue weighted by Gasteiger charge is 2.12. The second-order valence-corrected chi connectivity index (χ2v) is 5.42. The predicted molar refractivity (Wildman–Crippen MR) is 85.7 cm³/mol. The average Bonchev–Trinajstić information content (AvgIpc) is 2.47. The summed E-state index contributed by atoms with van der Waals surface area (Å²) in [7, 11) is 1.94. The van der Waals surface area contributed by atoms with Crippen molar-refractivity contribution in [2.45, 2.75) is 20.0 Å². The lowest BCUT2D eigenvalue weighted by Gasteiger charge is -2.24. The molecule has 0 fully saturated rings. The fraction of sp³-hybridized carbons (Fsp3) is 0.333. The lowest BCUT2D eigenvalue weighted by molar-refractivity contribution is 0.759. The van der Waals surface area contributed by atoms with Crippen LogP contribution in [0, 0.1) is 0 Å². The van der Waals surface area contributed by atoms with E-state index in [4.69, 9.17) is 0 Å². The predicted octanol–water partition coefficient (Wildman–Crippen LogP) is 2.99. The molecular weight excluding hydrogens is 316 g/mol. The van der Waals surface area contributed by atoms with Crippen molar-refractivity contribution >= 4 is 21.7 Å². The van der Waals surface area contributed by atoms with E-state index in [1.807, 2.05) is 37.6 Å². The van der Waals surface area contributed by atoms with Gasteiger partial charge in [-0.25, -0.2) is 4.98 Å². The molecule has 0 aliphatic carbocycles. The Morgan fingerprint density at radius 3 is 2.80 bits per heavy atom.